The maximum atomic E-state index is 12.6. The molecule has 0 spiro atoms. The van der Waals surface area contributed by atoms with E-state index in [9.17, 15) is 27.9 Å². The maximum Gasteiger partial charge on any atom is 0.410 e. The highest BCUT2D eigenvalue weighted by atomic mass is 19.4. The van der Waals surface area contributed by atoms with E-state index in [-0.39, 0.29) is 12.5 Å². The Morgan fingerprint density at radius 3 is 2.32 bits per heavy atom. The fourth-order valence-electron chi connectivity index (χ4n) is 4.38. The van der Waals surface area contributed by atoms with Gasteiger partial charge in [0.15, 0.2) is 0 Å². The Morgan fingerprint density at radius 2 is 1.76 bits per heavy atom. The van der Waals surface area contributed by atoms with Gasteiger partial charge in [-0.15, -0.1) is 0 Å². The van der Waals surface area contributed by atoms with Gasteiger partial charge in [-0.25, -0.2) is 4.79 Å². The molecule has 3 aliphatic rings. The number of nitrogens with zero attached hydrogens (tertiary/aromatic N) is 2. The summed E-state index contributed by atoms with van der Waals surface area (Å²) < 4.78 is 43.2. The summed E-state index contributed by atoms with van der Waals surface area (Å²) in [5.74, 6) is -1.06. The summed E-state index contributed by atoms with van der Waals surface area (Å²) in [5.41, 5.74) is -0.719. The van der Waals surface area contributed by atoms with Crippen LogP contribution in [0.25, 0.3) is 0 Å². The summed E-state index contributed by atoms with van der Waals surface area (Å²) in [5, 5.41) is 10.6. The van der Waals surface area contributed by atoms with E-state index in [0.717, 1.165) is 4.90 Å². The van der Waals surface area contributed by atoms with Gasteiger partial charge in [0.05, 0.1) is 24.2 Å². The van der Waals surface area contributed by atoms with E-state index in [1.165, 1.54) is 4.90 Å². The molecule has 6 nitrogen and oxygen atoms in total. The van der Waals surface area contributed by atoms with E-state index in [2.05, 4.69) is 0 Å². The van der Waals surface area contributed by atoms with Gasteiger partial charge in [0.2, 0.25) is 5.91 Å². The van der Waals surface area contributed by atoms with Crippen molar-refractivity contribution in [3.63, 3.8) is 0 Å². The number of ether oxygens (including phenoxy) is 1. The molecule has 0 aromatic rings. The fourth-order valence-corrected chi connectivity index (χ4v) is 4.38. The molecule has 3 fully saturated rings. The number of hydrogen-bond donors (Lipinski definition) is 1. The van der Waals surface area contributed by atoms with Gasteiger partial charge < -0.3 is 14.7 Å². The summed E-state index contributed by atoms with van der Waals surface area (Å²) in [6.45, 7) is 5.36. The Labute approximate surface area is 143 Å². The highest BCUT2D eigenvalue weighted by Gasteiger charge is 2.61. The number of carbonyl (C=O) groups is 2. The molecule has 3 aliphatic heterocycles. The zero-order chi connectivity index (χ0) is 18.7. The van der Waals surface area contributed by atoms with Gasteiger partial charge in [-0.05, 0) is 39.5 Å². The number of halogens is 3. The number of likely N-dealkylation sites (tertiary alicyclic amines) is 1. The van der Waals surface area contributed by atoms with E-state index in [0.29, 0.717) is 12.8 Å². The van der Waals surface area contributed by atoms with E-state index in [1.54, 1.807) is 20.8 Å². The van der Waals surface area contributed by atoms with E-state index < -0.39 is 54.4 Å². The third-order valence-electron chi connectivity index (χ3n) is 5.09. The zero-order valence-electron chi connectivity index (χ0n) is 14.4. The van der Waals surface area contributed by atoms with Crippen LogP contribution in [0.3, 0.4) is 0 Å². The first kappa shape index (κ1) is 18.3. The smallest absolute Gasteiger partial charge is 0.410 e. The number of alkyl halides is 3. The quantitative estimate of drug-likeness (QED) is 0.772. The molecular formula is C16H23F3N2O4. The monoisotopic (exact) mass is 364 g/mol. The lowest BCUT2D eigenvalue weighted by Crippen LogP contribution is -2.59. The number of aliphatic hydroxyl groups excluding tert-OH is 1. The number of amides is 2. The molecule has 25 heavy (non-hydrogen) atoms. The SMILES string of the molecule is CC(C)(C)OC(=O)N1[C@@H]2CC3C[C@H]1[C@H](O)C2N(C(=O)CC(F)(F)F)C3. The topological polar surface area (TPSA) is 70.1 Å². The highest BCUT2D eigenvalue weighted by Crippen LogP contribution is 2.46. The largest absolute Gasteiger partial charge is 0.444 e. The van der Waals surface area contributed by atoms with Crippen LogP contribution in [0.2, 0.25) is 0 Å². The number of hydrogen-bond acceptors (Lipinski definition) is 4. The Kier molecular flexibility index (Phi) is 4.21. The molecule has 0 aromatic heterocycles. The van der Waals surface area contributed by atoms with Gasteiger partial charge in [-0.1, -0.05) is 0 Å². The molecule has 0 saturated carbocycles. The third-order valence-corrected chi connectivity index (χ3v) is 5.09. The minimum atomic E-state index is -4.60. The molecule has 5 atom stereocenters. The summed E-state index contributed by atoms with van der Waals surface area (Å²) in [6.07, 6.45) is -6.76. The third kappa shape index (κ3) is 3.43. The Morgan fingerprint density at radius 1 is 1.16 bits per heavy atom. The first-order valence-corrected chi connectivity index (χ1v) is 8.43. The summed E-state index contributed by atoms with van der Waals surface area (Å²) in [7, 11) is 0. The van der Waals surface area contributed by atoms with Gasteiger partial charge in [0.25, 0.3) is 0 Å². The standard InChI is InChI=1S/C16H23F3N2O4/c1-15(2,3)25-14(24)21-9-4-8-5-10(21)13(23)12(9)20(7-8)11(22)6-16(17,18)19/h8-10,12-13,23H,4-7H2,1-3H3/t8?,9-,10+,12?,13+/m1/s1. The van der Waals surface area contributed by atoms with Crippen molar-refractivity contribution in [2.24, 2.45) is 5.92 Å². The van der Waals surface area contributed by atoms with Crippen molar-refractivity contribution in [2.75, 3.05) is 6.54 Å². The average molecular weight is 364 g/mol. The van der Waals surface area contributed by atoms with Crippen LogP contribution < -0.4 is 0 Å². The second kappa shape index (κ2) is 5.75. The molecule has 0 aromatic carbocycles. The summed E-state index contributed by atoms with van der Waals surface area (Å²) in [4.78, 5) is 27.2. The number of rotatable bonds is 1. The van der Waals surface area contributed by atoms with Crippen molar-refractivity contribution in [1.29, 1.82) is 0 Å². The fraction of sp³-hybridized carbons (Fsp3) is 0.875. The molecule has 3 heterocycles. The van der Waals surface area contributed by atoms with Crippen molar-refractivity contribution >= 4 is 12.0 Å². The molecular weight excluding hydrogens is 341 g/mol. The lowest BCUT2D eigenvalue weighted by atomic mass is 9.86. The minimum absolute atomic E-state index is 0.0146. The predicted molar refractivity (Wildman–Crippen MR) is 80.6 cm³/mol. The van der Waals surface area contributed by atoms with Crippen LogP contribution in [0.1, 0.15) is 40.0 Å². The lowest BCUT2D eigenvalue weighted by molar-refractivity contribution is -0.166. The van der Waals surface area contributed by atoms with Gasteiger partial charge in [-0.2, -0.15) is 13.2 Å². The molecule has 1 N–H and O–H groups in total. The van der Waals surface area contributed by atoms with Crippen molar-refractivity contribution in [3.05, 3.63) is 0 Å². The number of piperidine rings is 2. The number of aliphatic hydroxyl groups is 1. The molecule has 0 radical (unpaired) electrons. The Hall–Kier alpha value is -1.51. The molecule has 3 rings (SSSR count). The van der Waals surface area contributed by atoms with Crippen LogP contribution in [-0.2, 0) is 9.53 Å². The molecule has 0 aliphatic carbocycles. The van der Waals surface area contributed by atoms with Gasteiger partial charge in [-0.3, -0.25) is 9.69 Å². The summed E-state index contributed by atoms with van der Waals surface area (Å²) >= 11 is 0. The first-order valence-electron chi connectivity index (χ1n) is 8.43. The van der Waals surface area contributed by atoms with Crippen LogP contribution in [0, 0.1) is 5.92 Å². The van der Waals surface area contributed by atoms with E-state index >= 15 is 0 Å². The lowest BCUT2D eigenvalue weighted by Gasteiger charge is -2.46. The zero-order valence-corrected chi connectivity index (χ0v) is 14.4. The van der Waals surface area contributed by atoms with Crippen LogP contribution >= 0.6 is 0 Å². The maximum absolute atomic E-state index is 12.6. The van der Waals surface area contributed by atoms with Crippen LogP contribution in [0.15, 0.2) is 0 Å². The Bertz CT molecular complexity index is 575. The molecule has 142 valence electrons. The second-order valence-electron chi connectivity index (χ2n) is 8.18. The van der Waals surface area contributed by atoms with Crippen LogP contribution in [0.5, 0.6) is 0 Å². The average Bonchev–Trinajstić information content (AvgIpc) is 2.52. The normalized spacial score (nSPS) is 34.4. The predicted octanol–water partition coefficient (Wildman–Crippen LogP) is 1.91. The summed E-state index contributed by atoms with van der Waals surface area (Å²) in [6, 6.07) is -1.82. The molecule has 3 bridgehead atoms. The first-order chi connectivity index (χ1) is 11.4. The molecule has 2 amide bonds. The minimum Gasteiger partial charge on any atom is -0.444 e. The number of fused-ring (bicyclic) bond motifs is 2. The van der Waals surface area contributed by atoms with Gasteiger partial charge in [0, 0.05) is 6.54 Å². The van der Waals surface area contributed by atoms with Gasteiger partial charge >= 0.3 is 12.3 Å². The van der Waals surface area contributed by atoms with Crippen LogP contribution in [-0.4, -0.2) is 69.5 Å². The van der Waals surface area contributed by atoms with E-state index in [4.69, 9.17) is 4.74 Å². The molecule has 9 heteroatoms. The molecule has 3 saturated heterocycles. The van der Waals surface area contributed by atoms with Gasteiger partial charge in [0.1, 0.15) is 12.0 Å². The van der Waals surface area contributed by atoms with Crippen molar-refractivity contribution in [1.82, 2.24) is 9.80 Å². The number of carbonyl (C=O) groups excluding carboxylic acids is 2. The van der Waals surface area contributed by atoms with Crippen molar-refractivity contribution in [2.45, 2.75) is 76.0 Å². The van der Waals surface area contributed by atoms with Crippen molar-refractivity contribution < 1.29 is 32.6 Å². The highest BCUT2D eigenvalue weighted by molar-refractivity contribution is 5.78. The van der Waals surface area contributed by atoms with E-state index in [1.807, 2.05) is 0 Å². The Balaban J connectivity index is 1.83. The second-order valence-corrected chi connectivity index (χ2v) is 8.18. The van der Waals surface area contributed by atoms with Crippen molar-refractivity contribution in [3.8, 4) is 0 Å². The van der Waals surface area contributed by atoms with Crippen LogP contribution in [0.4, 0.5) is 18.0 Å². The molecule has 2 unspecified atom stereocenters.